The molecule has 2 rings (SSSR count). The highest BCUT2D eigenvalue weighted by molar-refractivity contribution is 5.25. The van der Waals surface area contributed by atoms with Gasteiger partial charge in [-0.05, 0) is 46.5 Å². The molecule has 1 aromatic heterocycles. The molecular formula is C18H26N2O. The van der Waals surface area contributed by atoms with E-state index in [1.54, 1.807) is 0 Å². The van der Waals surface area contributed by atoms with Crippen LogP contribution in [-0.2, 0) is 0 Å². The maximum atomic E-state index is 5.65. The summed E-state index contributed by atoms with van der Waals surface area (Å²) in [5.41, 5.74) is 2.56. The van der Waals surface area contributed by atoms with E-state index in [4.69, 9.17) is 4.42 Å². The molecule has 3 heteroatoms. The largest absolute Gasteiger partial charge is 0.466 e. The lowest BCUT2D eigenvalue weighted by atomic mass is 10.0. The number of nitrogens with one attached hydrogen (secondary N) is 1. The summed E-state index contributed by atoms with van der Waals surface area (Å²) < 4.78 is 5.65. The first-order valence-electron chi connectivity index (χ1n) is 7.50. The molecule has 0 bridgehead atoms. The summed E-state index contributed by atoms with van der Waals surface area (Å²) >= 11 is 0. The van der Waals surface area contributed by atoms with Crippen LogP contribution in [0.3, 0.4) is 0 Å². The maximum Gasteiger partial charge on any atom is 0.105 e. The average Bonchev–Trinajstić information content (AvgIpc) is 2.77. The number of hydrogen-bond donors (Lipinski definition) is 1. The van der Waals surface area contributed by atoms with E-state index in [2.05, 4.69) is 67.6 Å². The number of aryl methyl sites for hydroxylation is 2. The molecule has 0 aliphatic carbocycles. The molecule has 0 aliphatic rings. The molecule has 0 saturated heterocycles. The average molecular weight is 286 g/mol. The third-order valence-corrected chi connectivity index (χ3v) is 3.75. The lowest BCUT2D eigenvalue weighted by molar-refractivity contribution is 0.324. The number of likely N-dealkylation sites (N-methyl/N-ethyl adjacent to an activating group) is 1. The molecule has 2 atom stereocenters. The van der Waals surface area contributed by atoms with Crippen LogP contribution in [0.15, 0.2) is 40.8 Å². The zero-order valence-electron chi connectivity index (χ0n) is 13.7. The molecule has 0 spiro atoms. The molecule has 2 unspecified atom stereocenters. The molecule has 0 amide bonds. The van der Waals surface area contributed by atoms with Gasteiger partial charge in [-0.3, -0.25) is 0 Å². The van der Waals surface area contributed by atoms with E-state index in [0.717, 1.165) is 18.1 Å². The van der Waals surface area contributed by atoms with Crippen LogP contribution >= 0.6 is 0 Å². The van der Waals surface area contributed by atoms with Crippen LogP contribution in [0.5, 0.6) is 0 Å². The number of rotatable bonds is 6. The van der Waals surface area contributed by atoms with Crippen LogP contribution in [0.25, 0.3) is 0 Å². The Labute approximate surface area is 128 Å². The van der Waals surface area contributed by atoms with Gasteiger partial charge < -0.3 is 14.6 Å². The first-order valence-corrected chi connectivity index (χ1v) is 7.50. The Kier molecular flexibility index (Phi) is 5.21. The van der Waals surface area contributed by atoms with Crippen LogP contribution in [0.2, 0.25) is 0 Å². The molecule has 0 radical (unpaired) electrons. The van der Waals surface area contributed by atoms with Crippen molar-refractivity contribution in [2.75, 3.05) is 20.6 Å². The van der Waals surface area contributed by atoms with Crippen molar-refractivity contribution in [1.82, 2.24) is 10.2 Å². The normalized spacial score (nSPS) is 14.4. The monoisotopic (exact) mass is 286 g/mol. The second-order valence-electron chi connectivity index (χ2n) is 5.98. The van der Waals surface area contributed by atoms with Gasteiger partial charge in [-0.2, -0.15) is 0 Å². The van der Waals surface area contributed by atoms with Gasteiger partial charge in [0.2, 0.25) is 0 Å². The van der Waals surface area contributed by atoms with Crippen LogP contribution in [-0.4, -0.2) is 25.5 Å². The summed E-state index contributed by atoms with van der Waals surface area (Å²) in [6.07, 6.45) is 0. The molecule has 0 aliphatic heterocycles. The number of furan rings is 1. The van der Waals surface area contributed by atoms with Crippen molar-refractivity contribution in [3.05, 3.63) is 59.0 Å². The summed E-state index contributed by atoms with van der Waals surface area (Å²) in [7, 11) is 4.21. The fraction of sp³-hybridized carbons (Fsp3) is 0.444. The minimum Gasteiger partial charge on any atom is -0.466 e. The summed E-state index contributed by atoms with van der Waals surface area (Å²) in [6, 6.07) is 13.3. The van der Waals surface area contributed by atoms with Crippen LogP contribution in [0.4, 0.5) is 0 Å². The van der Waals surface area contributed by atoms with E-state index in [9.17, 15) is 0 Å². The van der Waals surface area contributed by atoms with Gasteiger partial charge >= 0.3 is 0 Å². The third-order valence-electron chi connectivity index (χ3n) is 3.75. The molecule has 1 heterocycles. The summed E-state index contributed by atoms with van der Waals surface area (Å²) in [5, 5.41) is 3.73. The van der Waals surface area contributed by atoms with Crippen molar-refractivity contribution in [1.29, 1.82) is 0 Å². The van der Waals surface area contributed by atoms with Crippen LogP contribution in [0.1, 0.15) is 41.7 Å². The number of benzene rings is 1. The van der Waals surface area contributed by atoms with Crippen LogP contribution < -0.4 is 5.32 Å². The predicted octanol–water partition coefficient (Wildman–Crippen LogP) is 3.85. The SMILES string of the molecule is Cc1cc(C(C)NC(CN(C)C)c2ccccc2)c(C)o1. The summed E-state index contributed by atoms with van der Waals surface area (Å²) in [5.74, 6) is 1.98. The number of hydrogen-bond acceptors (Lipinski definition) is 3. The minimum absolute atomic E-state index is 0.257. The fourth-order valence-corrected chi connectivity index (χ4v) is 2.78. The highest BCUT2D eigenvalue weighted by Gasteiger charge is 2.19. The zero-order valence-corrected chi connectivity index (χ0v) is 13.7. The Morgan fingerprint density at radius 2 is 1.81 bits per heavy atom. The van der Waals surface area contributed by atoms with E-state index in [1.165, 1.54) is 11.1 Å². The smallest absolute Gasteiger partial charge is 0.105 e. The van der Waals surface area contributed by atoms with Crippen LogP contribution in [0, 0.1) is 13.8 Å². The van der Waals surface area contributed by atoms with Crippen molar-refractivity contribution >= 4 is 0 Å². The highest BCUT2D eigenvalue weighted by Crippen LogP contribution is 2.24. The van der Waals surface area contributed by atoms with Gasteiger partial charge in [-0.25, -0.2) is 0 Å². The fourth-order valence-electron chi connectivity index (χ4n) is 2.78. The molecule has 0 fully saturated rings. The van der Waals surface area contributed by atoms with Gasteiger partial charge in [-0.1, -0.05) is 30.3 Å². The van der Waals surface area contributed by atoms with Gasteiger partial charge in [-0.15, -0.1) is 0 Å². The Hall–Kier alpha value is -1.58. The van der Waals surface area contributed by atoms with Crippen molar-refractivity contribution in [2.45, 2.75) is 32.9 Å². The first kappa shape index (κ1) is 15.8. The van der Waals surface area contributed by atoms with Gasteiger partial charge in [0.25, 0.3) is 0 Å². The third kappa shape index (κ3) is 4.19. The van der Waals surface area contributed by atoms with E-state index < -0.39 is 0 Å². The molecule has 3 nitrogen and oxygen atoms in total. The Morgan fingerprint density at radius 1 is 1.14 bits per heavy atom. The van der Waals surface area contributed by atoms with E-state index in [0.29, 0.717) is 6.04 Å². The number of nitrogens with zero attached hydrogens (tertiary/aromatic N) is 1. The summed E-state index contributed by atoms with van der Waals surface area (Å²) in [6.45, 7) is 7.19. The molecule has 0 saturated carbocycles. The maximum absolute atomic E-state index is 5.65. The van der Waals surface area contributed by atoms with Gasteiger partial charge in [0.1, 0.15) is 11.5 Å². The molecule has 2 aromatic rings. The molecule has 114 valence electrons. The minimum atomic E-state index is 0.257. The highest BCUT2D eigenvalue weighted by atomic mass is 16.3. The molecule has 1 N–H and O–H groups in total. The van der Waals surface area contributed by atoms with Gasteiger partial charge in [0, 0.05) is 24.2 Å². The lowest BCUT2D eigenvalue weighted by Crippen LogP contribution is -2.33. The Bertz CT molecular complexity index is 560. The summed E-state index contributed by atoms with van der Waals surface area (Å²) in [4.78, 5) is 2.21. The molecular weight excluding hydrogens is 260 g/mol. The van der Waals surface area contributed by atoms with E-state index >= 15 is 0 Å². The van der Waals surface area contributed by atoms with Crippen molar-refractivity contribution < 1.29 is 4.42 Å². The van der Waals surface area contributed by atoms with Crippen molar-refractivity contribution in [3.8, 4) is 0 Å². The predicted molar refractivity (Wildman–Crippen MR) is 87.5 cm³/mol. The van der Waals surface area contributed by atoms with E-state index in [1.807, 2.05) is 13.8 Å². The zero-order chi connectivity index (χ0) is 15.4. The quantitative estimate of drug-likeness (QED) is 0.874. The molecule has 21 heavy (non-hydrogen) atoms. The van der Waals surface area contributed by atoms with Crippen molar-refractivity contribution in [2.24, 2.45) is 0 Å². The topological polar surface area (TPSA) is 28.4 Å². The van der Waals surface area contributed by atoms with Gasteiger partial charge in [0.05, 0.1) is 0 Å². The Balaban J connectivity index is 2.17. The van der Waals surface area contributed by atoms with Crippen molar-refractivity contribution in [3.63, 3.8) is 0 Å². The van der Waals surface area contributed by atoms with Gasteiger partial charge in [0.15, 0.2) is 0 Å². The first-order chi connectivity index (χ1) is 9.97. The second kappa shape index (κ2) is 6.92. The second-order valence-corrected chi connectivity index (χ2v) is 5.98. The lowest BCUT2D eigenvalue weighted by Gasteiger charge is -2.26. The van der Waals surface area contributed by atoms with E-state index in [-0.39, 0.29) is 6.04 Å². The molecule has 1 aromatic carbocycles. The standard InChI is InChI=1S/C18H26N2O/c1-13-11-17(15(3)21-13)14(2)19-18(12-20(4)5)16-9-7-6-8-10-16/h6-11,14,18-19H,12H2,1-5H3. The Morgan fingerprint density at radius 3 is 2.33 bits per heavy atom.